The summed E-state index contributed by atoms with van der Waals surface area (Å²) >= 11 is 0. The number of hydrogen-bond acceptors (Lipinski definition) is 2. The minimum absolute atomic E-state index is 0.113. The van der Waals surface area contributed by atoms with Crippen molar-refractivity contribution in [1.29, 1.82) is 0 Å². The topological polar surface area (TPSA) is 48.8 Å². The zero-order valence-electron chi connectivity index (χ0n) is 11.4. The van der Waals surface area contributed by atoms with E-state index in [0.717, 1.165) is 13.1 Å². The number of nitrogens with zero attached hydrogens (tertiary/aromatic N) is 3. The maximum atomic E-state index is 6.15. The summed E-state index contributed by atoms with van der Waals surface area (Å²) in [6.07, 6.45) is 8.02. The Hall–Kier alpha value is -1.55. The Bertz CT molecular complexity index is 495. The van der Waals surface area contributed by atoms with Gasteiger partial charge in [-0.05, 0) is 24.5 Å². The van der Waals surface area contributed by atoms with Crippen molar-refractivity contribution in [2.45, 2.75) is 39.9 Å². The summed E-state index contributed by atoms with van der Waals surface area (Å²) in [7, 11) is 0. The van der Waals surface area contributed by atoms with Crippen molar-refractivity contribution in [2.75, 3.05) is 0 Å². The molecule has 0 amide bonds. The highest BCUT2D eigenvalue weighted by atomic mass is 15.1. The third kappa shape index (κ3) is 2.64. The van der Waals surface area contributed by atoms with E-state index in [9.17, 15) is 0 Å². The summed E-state index contributed by atoms with van der Waals surface area (Å²) in [5.41, 5.74) is 8.57. The van der Waals surface area contributed by atoms with Crippen molar-refractivity contribution < 1.29 is 0 Å². The van der Waals surface area contributed by atoms with Gasteiger partial charge < -0.3 is 14.9 Å². The molecule has 4 nitrogen and oxygen atoms in total. The van der Waals surface area contributed by atoms with Crippen LogP contribution >= 0.6 is 0 Å². The third-order valence-electron chi connectivity index (χ3n) is 3.36. The fourth-order valence-corrected chi connectivity index (χ4v) is 2.09. The van der Waals surface area contributed by atoms with Gasteiger partial charge in [0.2, 0.25) is 0 Å². The second-order valence-electron chi connectivity index (χ2n) is 5.06. The molecule has 0 radical (unpaired) electrons. The molecule has 98 valence electrons. The highest BCUT2D eigenvalue weighted by molar-refractivity contribution is 5.16. The second-order valence-corrected chi connectivity index (χ2v) is 5.06. The van der Waals surface area contributed by atoms with Crippen LogP contribution in [-0.4, -0.2) is 14.1 Å². The van der Waals surface area contributed by atoms with Crippen LogP contribution in [-0.2, 0) is 13.1 Å². The van der Waals surface area contributed by atoms with Crippen molar-refractivity contribution in [3.05, 3.63) is 42.2 Å². The van der Waals surface area contributed by atoms with E-state index >= 15 is 0 Å². The molecule has 0 aromatic carbocycles. The standard InChI is InChI=1S/C14H22N4/c1-4-18-10-16-7-13(18)9-17-6-5-12(8-17)14(15)11(2)3/h5-8,10-11,14H,4,9,15H2,1-3H3. The number of hydrogen-bond donors (Lipinski definition) is 1. The zero-order valence-corrected chi connectivity index (χ0v) is 11.4. The lowest BCUT2D eigenvalue weighted by Crippen LogP contribution is -2.16. The van der Waals surface area contributed by atoms with Gasteiger partial charge in [-0.15, -0.1) is 0 Å². The van der Waals surface area contributed by atoms with Crippen LogP contribution in [0.15, 0.2) is 31.0 Å². The lowest BCUT2D eigenvalue weighted by Gasteiger charge is -2.13. The fourth-order valence-electron chi connectivity index (χ4n) is 2.09. The Morgan fingerprint density at radius 1 is 1.39 bits per heavy atom. The minimum atomic E-state index is 0.113. The van der Waals surface area contributed by atoms with Gasteiger partial charge in [0.05, 0.1) is 18.6 Å². The molecule has 1 unspecified atom stereocenters. The van der Waals surface area contributed by atoms with Gasteiger partial charge in [-0.2, -0.15) is 0 Å². The lowest BCUT2D eigenvalue weighted by molar-refractivity contribution is 0.513. The summed E-state index contributed by atoms with van der Waals surface area (Å²) in [5, 5.41) is 0. The molecule has 0 saturated carbocycles. The van der Waals surface area contributed by atoms with E-state index in [4.69, 9.17) is 5.73 Å². The molecular formula is C14H22N4. The average molecular weight is 246 g/mol. The minimum Gasteiger partial charge on any atom is -0.348 e. The fraction of sp³-hybridized carbons (Fsp3) is 0.500. The van der Waals surface area contributed by atoms with E-state index in [0.29, 0.717) is 5.92 Å². The number of imidazole rings is 1. The van der Waals surface area contributed by atoms with Crippen LogP contribution in [0.2, 0.25) is 0 Å². The van der Waals surface area contributed by atoms with Crippen LogP contribution in [0.5, 0.6) is 0 Å². The van der Waals surface area contributed by atoms with Gasteiger partial charge in [0.25, 0.3) is 0 Å². The Kier molecular flexibility index (Phi) is 3.87. The maximum Gasteiger partial charge on any atom is 0.0948 e. The summed E-state index contributed by atoms with van der Waals surface area (Å²) in [5.74, 6) is 0.460. The van der Waals surface area contributed by atoms with Crippen molar-refractivity contribution in [3.8, 4) is 0 Å². The van der Waals surface area contributed by atoms with Gasteiger partial charge in [-0.25, -0.2) is 4.98 Å². The van der Waals surface area contributed by atoms with Crippen molar-refractivity contribution in [2.24, 2.45) is 11.7 Å². The second kappa shape index (κ2) is 5.40. The van der Waals surface area contributed by atoms with Crippen LogP contribution in [0.1, 0.15) is 38.1 Å². The summed E-state index contributed by atoms with van der Waals surface area (Å²) in [4.78, 5) is 4.18. The van der Waals surface area contributed by atoms with Crippen molar-refractivity contribution >= 4 is 0 Å². The van der Waals surface area contributed by atoms with Gasteiger partial charge in [0.15, 0.2) is 0 Å². The monoisotopic (exact) mass is 246 g/mol. The van der Waals surface area contributed by atoms with E-state index in [1.165, 1.54) is 11.3 Å². The molecule has 0 aliphatic rings. The quantitative estimate of drug-likeness (QED) is 0.880. The SMILES string of the molecule is CCn1cncc1Cn1ccc(C(N)C(C)C)c1. The normalized spacial score (nSPS) is 13.2. The number of aryl methyl sites for hydroxylation is 1. The molecule has 4 heteroatoms. The van der Waals surface area contributed by atoms with Crippen LogP contribution in [0.4, 0.5) is 0 Å². The Morgan fingerprint density at radius 2 is 2.17 bits per heavy atom. The smallest absolute Gasteiger partial charge is 0.0948 e. The van der Waals surface area contributed by atoms with Crippen LogP contribution < -0.4 is 5.73 Å². The number of nitrogens with two attached hydrogens (primary N) is 1. The lowest BCUT2D eigenvalue weighted by atomic mass is 10.00. The van der Waals surface area contributed by atoms with E-state index < -0.39 is 0 Å². The zero-order chi connectivity index (χ0) is 13.1. The number of rotatable bonds is 5. The molecule has 0 aliphatic carbocycles. The van der Waals surface area contributed by atoms with Gasteiger partial charge in [0.1, 0.15) is 0 Å². The molecule has 2 heterocycles. The first kappa shape index (κ1) is 12.9. The summed E-state index contributed by atoms with van der Waals surface area (Å²) in [6, 6.07) is 2.22. The number of aromatic nitrogens is 3. The molecule has 0 aliphatic heterocycles. The Balaban J connectivity index is 2.11. The molecule has 0 saturated heterocycles. The summed E-state index contributed by atoms with van der Waals surface area (Å²) < 4.78 is 4.32. The average Bonchev–Trinajstić information content (AvgIpc) is 2.97. The Labute approximate surface area is 108 Å². The predicted octanol–water partition coefficient (Wildman–Crippen LogP) is 2.41. The van der Waals surface area contributed by atoms with Crippen molar-refractivity contribution in [3.63, 3.8) is 0 Å². The van der Waals surface area contributed by atoms with E-state index in [1.807, 2.05) is 12.5 Å². The largest absolute Gasteiger partial charge is 0.348 e. The molecule has 2 N–H and O–H groups in total. The first-order chi connectivity index (χ1) is 8.61. The first-order valence-electron chi connectivity index (χ1n) is 6.52. The van der Waals surface area contributed by atoms with E-state index in [1.54, 1.807) is 0 Å². The molecule has 2 aromatic heterocycles. The summed E-state index contributed by atoms with van der Waals surface area (Å²) in [6.45, 7) is 8.22. The molecule has 2 aromatic rings. The van der Waals surface area contributed by atoms with Crippen LogP contribution in [0, 0.1) is 5.92 Å². The maximum absolute atomic E-state index is 6.15. The first-order valence-corrected chi connectivity index (χ1v) is 6.52. The van der Waals surface area contributed by atoms with E-state index in [-0.39, 0.29) is 6.04 Å². The third-order valence-corrected chi connectivity index (χ3v) is 3.36. The molecule has 1 atom stereocenters. The van der Waals surface area contributed by atoms with Crippen molar-refractivity contribution in [1.82, 2.24) is 14.1 Å². The van der Waals surface area contributed by atoms with Gasteiger partial charge in [-0.1, -0.05) is 13.8 Å². The molecule has 2 rings (SSSR count). The molecule has 0 bridgehead atoms. The molecular weight excluding hydrogens is 224 g/mol. The highest BCUT2D eigenvalue weighted by Crippen LogP contribution is 2.19. The van der Waals surface area contributed by atoms with Crippen LogP contribution in [0.3, 0.4) is 0 Å². The van der Waals surface area contributed by atoms with Gasteiger partial charge >= 0.3 is 0 Å². The van der Waals surface area contributed by atoms with Gasteiger partial charge in [-0.3, -0.25) is 0 Å². The predicted molar refractivity (Wildman–Crippen MR) is 73.2 cm³/mol. The Morgan fingerprint density at radius 3 is 2.83 bits per heavy atom. The van der Waals surface area contributed by atoms with Crippen LogP contribution in [0.25, 0.3) is 0 Å². The van der Waals surface area contributed by atoms with E-state index in [2.05, 4.69) is 53.3 Å². The molecule has 0 fully saturated rings. The molecule has 0 spiro atoms. The highest BCUT2D eigenvalue weighted by Gasteiger charge is 2.12. The van der Waals surface area contributed by atoms with Gasteiger partial charge in [0, 0.05) is 31.2 Å². The molecule has 18 heavy (non-hydrogen) atoms.